The van der Waals surface area contributed by atoms with E-state index in [0.717, 1.165) is 0 Å². The van der Waals surface area contributed by atoms with Gasteiger partial charge in [0.15, 0.2) is 6.61 Å². The highest BCUT2D eigenvalue weighted by atomic mass is 19.3. The molecule has 0 unspecified atom stereocenters. The van der Waals surface area contributed by atoms with Crippen LogP contribution in [-0.2, 0) is 0 Å². The molecular weight excluding hydrogens is 360 g/mol. The maximum absolute atomic E-state index is 14.6. The first kappa shape index (κ1) is 17.7. The van der Waals surface area contributed by atoms with Crippen molar-refractivity contribution < 1.29 is 18.4 Å². The molecule has 144 valence electrons. The van der Waals surface area contributed by atoms with E-state index in [0.29, 0.717) is 23.7 Å². The number of hydrogen-bond acceptors (Lipinski definition) is 5. The van der Waals surface area contributed by atoms with Crippen LogP contribution >= 0.6 is 0 Å². The van der Waals surface area contributed by atoms with Gasteiger partial charge in [-0.15, -0.1) is 0 Å². The number of nitro benzene ring substituents is 1. The molecule has 1 aromatic heterocycles. The second-order valence-corrected chi connectivity index (χ2v) is 7.44. The van der Waals surface area contributed by atoms with E-state index in [1.54, 1.807) is 13.8 Å². The highest BCUT2D eigenvalue weighted by molar-refractivity contribution is 5.96. The number of non-ortho nitro benzene ring substituents is 1. The van der Waals surface area contributed by atoms with Crippen LogP contribution in [0.3, 0.4) is 0 Å². The van der Waals surface area contributed by atoms with Crippen molar-refractivity contribution >= 4 is 22.3 Å². The third kappa shape index (κ3) is 2.81. The Labute approximate surface area is 153 Å². The van der Waals surface area contributed by atoms with Crippen LogP contribution in [0.4, 0.5) is 20.2 Å². The lowest BCUT2D eigenvalue weighted by Crippen LogP contribution is -2.44. The van der Waals surface area contributed by atoms with Crippen LogP contribution in [0.15, 0.2) is 23.0 Å². The van der Waals surface area contributed by atoms with Crippen molar-refractivity contribution in [1.29, 1.82) is 0 Å². The van der Waals surface area contributed by atoms with Crippen LogP contribution in [0.5, 0.6) is 5.75 Å². The number of aromatic nitrogens is 1. The molecule has 2 aromatic rings. The normalized spacial score (nSPS) is 21.3. The number of rotatable bonds is 3. The van der Waals surface area contributed by atoms with E-state index in [4.69, 9.17) is 4.74 Å². The maximum atomic E-state index is 14.6. The lowest BCUT2D eigenvalue weighted by Gasteiger charge is -2.25. The molecule has 2 aliphatic rings. The number of benzene rings is 1. The highest BCUT2D eigenvalue weighted by Crippen LogP contribution is 2.45. The Hall–Kier alpha value is -2.71. The zero-order chi connectivity index (χ0) is 19.5. The van der Waals surface area contributed by atoms with Crippen molar-refractivity contribution in [3.05, 3.63) is 38.7 Å². The van der Waals surface area contributed by atoms with Gasteiger partial charge in [-0.3, -0.25) is 14.9 Å². The monoisotopic (exact) mass is 379 g/mol. The zero-order valence-corrected chi connectivity index (χ0v) is 14.9. The quantitative estimate of drug-likeness (QED) is 0.649. The van der Waals surface area contributed by atoms with E-state index >= 15 is 0 Å². The maximum Gasteiger partial charge on any atom is 0.301 e. The molecule has 1 aromatic carbocycles. The van der Waals surface area contributed by atoms with Crippen LogP contribution in [0.1, 0.15) is 32.7 Å². The number of hydrogen-bond donors (Lipinski definition) is 1. The lowest BCUT2D eigenvalue weighted by atomic mass is 10.0. The first-order valence-corrected chi connectivity index (χ1v) is 8.84. The van der Waals surface area contributed by atoms with Crippen LogP contribution in [-0.4, -0.2) is 28.1 Å². The molecule has 1 saturated carbocycles. The molecule has 0 amide bonds. The zero-order valence-electron chi connectivity index (χ0n) is 14.9. The number of anilines is 1. The van der Waals surface area contributed by atoms with Crippen LogP contribution < -0.4 is 15.6 Å². The van der Waals surface area contributed by atoms with Gasteiger partial charge in [0, 0.05) is 23.6 Å². The molecule has 1 atom stereocenters. The molecule has 0 radical (unpaired) electrons. The van der Waals surface area contributed by atoms with Crippen molar-refractivity contribution in [2.45, 2.75) is 44.7 Å². The average molecular weight is 379 g/mol. The SMILES string of the molecule is CC(C)n1c(=O)c2c(c3cc([N+](=O)[O-])ccc31)N[C@@H](C1CC1)C(F)(F)CO2. The van der Waals surface area contributed by atoms with Gasteiger partial charge in [0.1, 0.15) is 0 Å². The molecule has 27 heavy (non-hydrogen) atoms. The molecular formula is C18H19F2N3O4. The standard InChI is InChI=1S/C18H19F2N3O4/c1-9(2)22-13-6-5-11(23(25)26)7-12(13)14-15(17(22)24)27-8-18(19,20)16(21-14)10-3-4-10/h5-7,9-10,16,21H,3-4,8H2,1-2H3/t16-/m0/s1. The topological polar surface area (TPSA) is 86.4 Å². The molecule has 0 spiro atoms. The third-order valence-corrected chi connectivity index (χ3v) is 5.13. The fraction of sp³-hybridized carbons (Fsp3) is 0.500. The van der Waals surface area contributed by atoms with Crippen LogP contribution in [0.25, 0.3) is 10.9 Å². The predicted octanol–water partition coefficient (Wildman–Crippen LogP) is 3.71. The molecule has 1 aliphatic carbocycles. The molecule has 2 heterocycles. The van der Waals surface area contributed by atoms with E-state index in [1.165, 1.54) is 22.8 Å². The summed E-state index contributed by atoms with van der Waals surface area (Å²) < 4.78 is 35.9. The fourth-order valence-electron chi connectivity index (χ4n) is 3.70. The van der Waals surface area contributed by atoms with E-state index < -0.39 is 29.1 Å². The predicted molar refractivity (Wildman–Crippen MR) is 95.8 cm³/mol. The van der Waals surface area contributed by atoms with Crippen molar-refractivity contribution in [3.8, 4) is 5.75 Å². The molecule has 0 bridgehead atoms. The van der Waals surface area contributed by atoms with Gasteiger partial charge in [-0.05, 0) is 38.7 Å². The van der Waals surface area contributed by atoms with Crippen LogP contribution in [0, 0.1) is 16.0 Å². The molecule has 4 rings (SSSR count). The largest absolute Gasteiger partial charge is 0.480 e. The minimum atomic E-state index is -3.15. The second kappa shape index (κ2) is 5.90. The Morgan fingerprint density at radius 1 is 1.37 bits per heavy atom. The molecule has 7 nitrogen and oxygen atoms in total. The number of nitrogens with one attached hydrogen (secondary N) is 1. The van der Waals surface area contributed by atoms with Gasteiger partial charge in [-0.2, -0.15) is 0 Å². The molecule has 1 fully saturated rings. The Morgan fingerprint density at radius 2 is 2.07 bits per heavy atom. The highest BCUT2D eigenvalue weighted by Gasteiger charge is 2.51. The van der Waals surface area contributed by atoms with Gasteiger partial charge in [-0.1, -0.05) is 0 Å². The Kier molecular flexibility index (Phi) is 3.87. The van der Waals surface area contributed by atoms with Gasteiger partial charge in [0.2, 0.25) is 5.75 Å². The van der Waals surface area contributed by atoms with Crippen LogP contribution in [0.2, 0.25) is 0 Å². The van der Waals surface area contributed by atoms with Gasteiger partial charge in [0.25, 0.3) is 11.2 Å². The van der Waals surface area contributed by atoms with E-state index in [2.05, 4.69) is 5.32 Å². The third-order valence-electron chi connectivity index (χ3n) is 5.13. The number of halogens is 2. The Morgan fingerprint density at radius 3 is 2.67 bits per heavy atom. The summed E-state index contributed by atoms with van der Waals surface area (Å²) in [6, 6.07) is 2.63. The minimum Gasteiger partial charge on any atom is -0.480 e. The number of nitro groups is 1. The van der Waals surface area contributed by atoms with Crippen molar-refractivity contribution in [2.75, 3.05) is 11.9 Å². The number of pyridine rings is 1. The average Bonchev–Trinajstić information content (AvgIpc) is 3.41. The smallest absolute Gasteiger partial charge is 0.301 e. The Bertz CT molecular complexity index is 998. The summed E-state index contributed by atoms with van der Waals surface area (Å²) in [6.45, 7) is 2.66. The Balaban J connectivity index is 2.03. The summed E-state index contributed by atoms with van der Waals surface area (Å²) in [5.41, 5.74) is -0.152. The number of nitrogens with zero attached hydrogens (tertiary/aromatic N) is 2. The summed E-state index contributed by atoms with van der Waals surface area (Å²) in [5.74, 6) is -3.57. The van der Waals surface area contributed by atoms with Crippen molar-refractivity contribution in [3.63, 3.8) is 0 Å². The lowest BCUT2D eigenvalue weighted by molar-refractivity contribution is -0.384. The second-order valence-electron chi connectivity index (χ2n) is 7.44. The number of ether oxygens (including phenoxy) is 1. The summed E-state index contributed by atoms with van der Waals surface area (Å²) in [4.78, 5) is 23.6. The first-order valence-electron chi connectivity index (χ1n) is 8.84. The van der Waals surface area contributed by atoms with Crippen molar-refractivity contribution in [1.82, 2.24) is 4.57 Å². The number of fused-ring (bicyclic) bond motifs is 3. The van der Waals surface area contributed by atoms with E-state index in [1.807, 2.05) is 0 Å². The van der Waals surface area contributed by atoms with E-state index in [-0.39, 0.29) is 29.1 Å². The van der Waals surface area contributed by atoms with Gasteiger partial charge in [-0.25, -0.2) is 8.78 Å². The van der Waals surface area contributed by atoms with Crippen molar-refractivity contribution in [2.24, 2.45) is 5.92 Å². The van der Waals surface area contributed by atoms with Gasteiger partial charge >= 0.3 is 5.92 Å². The summed E-state index contributed by atoms with van der Waals surface area (Å²) in [6.07, 6.45) is 1.34. The molecule has 9 heteroatoms. The summed E-state index contributed by atoms with van der Waals surface area (Å²) in [7, 11) is 0. The van der Waals surface area contributed by atoms with E-state index in [9.17, 15) is 23.7 Å². The van der Waals surface area contributed by atoms with Gasteiger partial charge < -0.3 is 14.6 Å². The summed E-state index contributed by atoms with van der Waals surface area (Å²) in [5, 5.41) is 14.4. The molecule has 1 aliphatic heterocycles. The fourth-order valence-corrected chi connectivity index (χ4v) is 3.70. The van der Waals surface area contributed by atoms with Gasteiger partial charge in [0.05, 0.1) is 22.2 Å². The summed E-state index contributed by atoms with van der Waals surface area (Å²) >= 11 is 0. The number of alkyl halides is 2. The minimum absolute atomic E-state index is 0.115. The first-order chi connectivity index (χ1) is 12.7. The molecule has 1 N–H and O–H groups in total. The molecule has 0 saturated heterocycles.